The molecule has 4 atom stereocenters. The van der Waals surface area contributed by atoms with Gasteiger partial charge in [0.05, 0.1) is 14.7 Å². The largest absolute Gasteiger partial charge is 0.444 e. The number of fused-ring (bicyclic) bond motifs is 5. The fourth-order valence-corrected chi connectivity index (χ4v) is 14.9. The molecular formula is C49H58ClN7O8S3. The fraction of sp³-hybridized carbons (Fsp3) is 0.429. The normalized spacial score (nSPS) is 21.4. The summed E-state index contributed by atoms with van der Waals surface area (Å²) in [5.41, 5.74) is 2.01. The van der Waals surface area contributed by atoms with Crippen molar-refractivity contribution in [3.8, 4) is 0 Å². The number of likely N-dealkylation sites (tertiary alicyclic amines) is 1. The van der Waals surface area contributed by atoms with E-state index < -0.39 is 34.7 Å². The number of carbonyl (C=O) groups excluding carboxylic acids is 1. The summed E-state index contributed by atoms with van der Waals surface area (Å²) in [6.45, 7) is 16.4. The predicted octanol–water partition coefficient (Wildman–Crippen LogP) is 7.66. The second-order valence-electron chi connectivity index (χ2n) is 19.3. The van der Waals surface area contributed by atoms with Crippen LogP contribution in [0.5, 0.6) is 0 Å². The zero-order chi connectivity index (χ0) is 48.8. The third-order valence-electron chi connectivity index (χ3n) is 13.4. The molecule has 362 valence electrons. The summed E-state index contributed by atoms with van der Waals surface area (Å²) in [7, 11) is -5.46. The van der Waals surface area contributed by atoms with Crippen molar-refractivity contribution >= 4 is 78.2 Å². The van der Waals surface area contributed by atoms with Gasteiger partial charge in [0.15, 0.2) is 0 Å². The molecule has 15 nitrogen and oxygen atoms in total. The van der Waals surface area contributed by atoms with Crippen LogP contribution in [0.15, 0.2) is 106 Å². The van der Waals surface area contributed by atoms with Crippen molar-refractivity contribution in [2.75, 3.05) is 52.4 Å². The number of carbonyl (C=O) groups is 1. The van der Waals surface area contributed by atoms with Gasteiger partial charge in [-0.15, -0.1) is 0 Å². The number of benzene rings is 3. The Balaban J connectivity index is 0.000000146. The first-order valence-corrected chi connectivity index (χ1v) is 28.0. The van der Waals surface area contributed by atoms with E-state index in [0.717, 1.165) is 69.6 Å². The highest BCUT2D eigenvalue weighted by Crippen LogP contribution is 2.38. The molecule has 4 fully saturated rings. The number of pyridine rings is 3. The number of aryl methyl sites for hydroxylation is 3. The number of amides is 1. The highest BCUT2D eigenvalue weighted by atomic mass is 35.7. The summed E-state index contributed by atoms with van der Waals surface area (Å²) < 4.78 is 85.0. The fourth-order valence-electron chi connectivity index (χ4n) is 10.1. The van der Waals surface area contributed by atoms with Gasteiger partial charge in [-0.25, -0.2) is 30.0 Å². The molecule has 0 radical (unpaired) electrons. The lowest BCUT2D eigenvalue weighted by Crippen LogP contribution is -2.45. The minimum atomic E-state index is -3.71. The highest BCUT2D eigenvalue weighted by molar-refractivity contribution is 8.14. The number of sulfonamides is 2. The first-order chi connectivity index (χ1) is 32.1. The number of hydrogen-bond acceptors (Lipinski definition) is 12. The van der Waals surface area contributed by atoms with Crippen molar-refractivity contribution in [1.29, 1.82) is 0 Å². The molecule has 4 aliphatic rings. The van der Waals surface area contributed by atoms with E-state index in [-0.39, 0.29) is 22.8 Å². The molecule has 0 saturated carbocycles. The van der Waals surface area contributed by atoms with Gasteiger partial charge in [0, 0.05) is 119 Å². The molecule has 4 unspecified atom stereocenters. The van der Waals surface area contributed by atoms with E-state index in [2.05, 4.69) is 20.3 Å². The molecule has 4 aliphatic heterocycles. The summed E-state index contributed by atoms with van der Waals surface area (Å²) in [4.78, 5) is 27.4. The van der Waals surface area contributed by atoms with Crippen molar-refractivity contribution in [2.45, 2.75) is 74.7 Å². The van der Waals surface area contributed by atoms with Gasteiger partial charge < -0.3 is 15.0 Å². The highest BCUT2D eigenvalue weighted by Gasteiger charge is 2.44. The number of ether oxygens (including phenoxy) is 1. The quantitative estimate of drug-likeness (QED) is 0.166. The van der Waals surface area contributed by atoms with E-state index in [1.54, 1.807) is 94.0 Å². The number of hydrogen-bond donors (Lipinski definition) is 1. The summed E-state index contributed by atoms with van der Waals surface area (Å²) in [5, 5.41) is 8.03. The SMILES string of the molecule is Cc1cncc2cccc(S(=O)(=O)Cl)c12.Cc1cncc2cccc(S(=O)(=O)N3CC4CCN(C(=O)OC(C)(C)C)CC4C3)c12.Cc1cncc2cccc(S(=O)(=O)N3CC4CCNCC4C3)c12. The van der Waals surface area contributed by atoms with E-state index in [1.165, 1.54) is 6.07 Å². The molecule has 6 aromatic rings. The molecule has 4 saturated heterocycles. The van der Waals surface area contributed by atoms with Gasteiger partial charge in [0.2, 0.25) is 20.0 Å². The van der Waals surface area contributed by atoms with Crippen LogP contribution in [-0.2, 0) is 33.8 Å². The summed E-state index contributed by atoms with van der Waals surface area (Å²) >= 11 is 0. The number of aromatic nitrogens is 3. The molecule has 0 bridgehead atoms. The predicted molar refractivity (Wildman–Crippen MR) is 264 cm³/mol. The summed E-state index contributed by atoms with van der Waals surface area (Å²) in [6.07, 6.45) is 11.6. The third-order valence-corrected chi connectivity index (χ3v) is 18.5. The Morgan fingerprint density at radius 2 is 1.03 bits per heavy atom. The molecule has 1 N–H and O–H groups in total. The minimum Gasteiger partial charge on any atom is -0.444 e. The van der Waals surface area contributed by atoms with E-state index in [4.69, 9.17) is 15.4 Å². The van der Waals surface area contributed by atoms with Gasteiger partial charge >= 0.3 is 6.09 Å². The maximum Gasteiger partial charge on any atom is 0.410 e. The number of nitrogens with one attached hydrogen (secondary N) is 1. The minimum absolute atomic E-state index is 0.124. The van der Waals surface area contributed by atoms with Gasteiger partial charge in [-0.1, -0.05) is 36.4 Å². The van der Waals surface area contributed by atoms with Crippen LogP contribution in [0.25, 0.3) is 32.3 Å². The van der Waals surface area contributed by atoms with E-state index in [9.17, 15) is 30.0 Å². The average molecular weight is 1000 g/mol. The molecule has 19 heteroatoms. The van der Waals surface area contributed by atoms with E-state index in [1.807, 2.05) is 46.8 Å². The molecule has 3 aromatic carbocycles. The second kappa shape index (κ2) is 19.5. The topological polar surface area (TPSA) is 189 Å². The molecular weight excluding hydrogens is 946 g/mol. The number of nitrogens with zero attached hydrogens (tertiary/aromatic N) is 6. The molecule has 1 amide bonds. The van der Waals surface area contributed by atoms with E-state index in [0.29, 0.717) is 66.3 Å². The van der Waals surface area contributed by atoms with Crippen LogP contribution >= 0.6 is 10.7 Å². The van der Waals surface area contributed by atoms with Crippen LogP contribution in [0, 0.1) is 44.4 Å². The molecule has 0 spiro atoms. The van der Waals surface area contributed by atoms with Gasteiger partial charge in [-0.05, 0) is 126 Å². The van der Waals surface area contributed by atoms with Gasteiger partial charge in [0.25, 0.3) is 9.05 Å². The maximum absolute atomic E-state index is 13.5. The van der Waals surface area contributed by atoms with Crippen LogP contribution in [0.3, 0.4) is 0 Å². The van der Waals surface area contributed by atoms with Crippen molar-refractivity contribution < 1.29 is 34.8 Å². The van der Waals surface area contributed by atoms with Gasteiger partial charge in [-0.2, -0.15) is 8.61 Å². The second-order valence-corrected chi connectivity index (χ2v) is 25.6. The smallest absolute Gasteiger partial charge is 0.410 e. The van der Waals surface area contributed by atoms with Crippen molar-refractivity contribution in [3.05, 3.63) is 108 Å². The molecule has 68 heavy (non-hydrogen) atoms. The zero-order valence-corrected chi connectivity index (χ0v) is 42.3. The Morgan fingerprint density at radius 3 is 1.49 bits per heavy atom. The van der Waals surface area contributed by atoms with Crippen molar-refractivity contribution in [1.82, 2.24) is 33.8 Å². The molecule has 0 aliphatic carbocycles. The summed E-state index contributed by atoms with van der Waals surface area (Å²) in [6, 6.07) is 15.7. The van der Waals surface area contributed by atoms with Gasteiger partial charge in [0.1, 0.15) is 5.60 Å². The number of rotatable bonds is 5. The zero-order valence-electron chi connectivity index (χ0n) is 39.1. The van der Waals surface area contributed by atoms with Crippen LogP contribution in [0.4, 0.5) is 4.79 Å². The lowest BCUT2D eigenvalue weighted by atomic mass is 9.89. The first kappa shape index (κ1) is 49.6. The number of piperidine rings is 2. The molecule has 3 aromatic heterocycles. The summed E-state index contributed by atoms with van der Waals surface area (Å²) in [5.74, 6) is 1.31. The van der Waals surface area contributed by atoms with Crippen LogP contribution < -0.4 is 5.32 Å². The Kier molecular flexibility index (Phi) is 14.2. The Hall–Kier alpha value is -4.82. The standard InChI is InChI=1S/C22H29N3O4S.C17H21N3O2S.C10H8ClNO2S/c1-15-10-23-11-16-6-5-7-19(20(15)16)30(27,28)25-13-17-8-9-24(12-18(17)14-25)21(26)29-22(2,3)4;1-12-7-19-8-13-3-2-4-16(17(12)13)23(21,22)20-10-14-5-6-18-9-15(14)11-20;1-7-5-12-6-8-3-2-4-9(10(7)8)15(11,13)14/h5-7,10-11,17-18H,8-9,12-14H2,1-4H3;2-4,7-8,14-15,18H,5-6,9-11H2,1H3;2-6H,1H3. The molecule has 10 rings (SSSR count). The maximum atomic E-state index is 13.5. The Bertz CT molecular complexity index is 3200. The van der Waals surface area contributed by atoms with Gasteiger partial charge in [-0.3, -0.25) is 15.0 Å². The van der Waals surface area contributed by atoms with Crippen molar-refractivity contribution in [2.24, 2.45) is 23.7 Å². The Morgan fingerprint density at radius 1 is 0.603 bits per heavy atom. The number of halogens is 1. The van der Waals surface area contributed by atoms with E-state index >= 15 is 0 Å². The molecule has 7 heterocycles. The Labute approximate surface area is 403 Å². The van der Waals surface area contributed by atoms with Crippen molar-refractivity contribution in [3.63, 3.8) is 0 Å². The first-order valence-electron chi connectivity index (χ1n) is 22.8. The monoisotopic (exact) mass is 1000 g/mol. The van der Waals surface area contributed by atoms with Crippen LogP contribution in [-0.4, -0.2) is 118 Å². The lowest BCUT2D eigenvalue weighted by molar-refractivity contribution is 0.0139. The third kappa shape index (κ3) is 10.4. The average Bonchev–Trinajstić information content (AvgIpc) is 3.95. The van der Waals surface area contributed by atoms with Crippen LogP contribution in [0.1, 0.15) is 50.3 Å². The lowest BCUT2D eigenvalue weighted by Gasteiger charge is -2.35. The van der Waals surface area contributed by atoms with Crippen LogP contribution in [0.2, 0.25) is 0 Å².